The largest absolute Gasteiger partial charge is 0.361 e. The lowest BCUT2D eigenvalue weighted by Gasteiger charge is -2.34. The van der Waals surface area contributed by atoms with Crippen LogP contribution in [0.25, 0.3) is 0 Å². The van der Waals surface area contributed by atoms with Gasteiger partial charge in [0.1, 0.15) is 5.76 Å². The van der Waals surface area contributed by atoms with Gasteiger partial charge in [-0.2, -0.15) is 5.10 Å². The van der Waals surface area contributed by atoms with Crippen molar-refractivity contribution in [2.24, 2.45) is 0 Å². The highest BCUT2D eigenvalue weighted by atomic mass is 16.7. The molecule has 0 spiro atoms. The minimum absolute atomic E-state index is 0.00442. The molecule has 1 saturated heterocycles. The van der Waals surface area contributed by atoms with Crippen LogP contribution >= 0.6 is 0 Å². The van der Waals surface area contributed by atoms with Gasteiger partial charge in [-0.25, -0.2) is 5.06 Å². The highest BCUT2D eigenvalue weighted by Crippen LogP contribution is 2.25. The van der Waals surface area contributed by atoms with Gasteiger partial charge in [0.2, 0.25) is 5.91 Å². The van der Waals surface area contributed by atoms with E-state index in [4.69, 9.17) is 9.36 Å². The van der Waals surface area contributed by atoms with Crippen molar-refractivity contribution in [2.45, 2.75) is 45.3 Å². The second-order valence-electron chi connectivity index (χ2n) is 6.76. The van der Waals surface area contributed by atoms with E-state index < -0.39 is 0 Å². The van der Waals surface area contributed by atoms with E-state index in [-0.39, 0.29) is 11.9 Å². The SMILES string of the molecule is Cc1cc(CN2Cc3ccnn3[C@@H](CC(=O)N3CCCCO3)C2)no1. The Labute approximate surface area is 146 Å². The maximum atomic E-state index is 12.6. The summed E-state index contributed by atoms with van der Waals surface area (Å²) in [6.07, 6.45) is 4.21. The molecule has 2 aromatic heterocycles. The zero-order valence-electron chi connectivity index (χ0n) is 14.4. The molecule has 4 rings (SSSR count). The summed E-state index contributed by atoms with van der Waals surface area (Å²) in [4.78, 5) is 20.4. The number of amides is 1. The molecule has 2 aliphatic heterocycles. The van der Waals surface area contributed by atoms with Crippen LogP contribution in [0.2, 0.25) is 0 Å². The number of aryl methyl sites for hydroxylation is 1. The molecule has 8 nitrogen and oxygen atoms in total. The van der Waals surface area contributed by atoms with E-state index in [9.17, 15) is 4.79 Å². The molecule has 0 bridgehead atoms. The van der Waals surface area contributed by atoms with E-state index in [1.54, 1.807) is 6.20 Å². The molecule has 25 heavy (non-hydrogen) atoms. The second kappa shape index (κ2) is 6.97. The lowest BCUT2D eigenvalue weighted by molar-refractivity contribution is -0.198. The molecule has 2 aliphatic rings. The highest BCUT2D eigenvalue weighted by Gasteiger charge is 2.30. The molecule has 0 aromatic carbocycles. The lowest BCUT2D eigenvalue weighted by Crippen LogP contribution is -2.42. The smallest absolute Gasteiger partial charge is 0.248 e. The number of nitrogens with zero attached hydrogens (tertiary/aromatic N) is 5. The van der Waals surface area contributed by atoms with Crippen LogP contribution in [0, 0.1) is 6.92 Å². The Hall–Kier alpha value is -2.19. The third-order valence-electron chi connectivity index (χ3n) is 4.71. The van der Waals surface area contributed by atoms with Crippen LogP contribution < -0.4 is 0 Å². The van der Waals surface area contributed by atoms with Gasteiger partial charge in [-0.1, -0.05) is 5.16 Å². The molecule has 4 heterocycles. The average Bonchev–Trinajstić information content (AvgIpc) is 3.24. The average molecular weight is 345 g/mol. The van der Waals surface area contributed by atoms with Crippen molar-refractivity contribution in [1.29, 1.82) is 0 Å². The molecule has 2 aromatic rings. The van der Waals surface area contributed by atoms with Gasteiger partial charge in [0, 0.05) is 38.4 Å². The Balaban J connectivity index is 1.45. The van der Waals surface area contributed by atoms with Gasteiger partial charge in [-0.05, 0) is 25.8 Å². The van der Waals surface area contributed by atoms with E-state index in [2.05, 4.69) is 15.2 Å². The molecule has 0 N–H and O–H groups in total. The van der Waals surface area contributed by atoms with Crippen molar-refractivity contribution in [3.63, 3.8) is 0 Å². The monoisotopic (exact) mass is 345 g/mol. The summed E-state index contributed by atoms with van der Waals surface area (Å²) < 4.78 is 7.14. The fraction of sp³-hybridized carbons (Fsp3) is 0.588. The number of fused-ring (bicyclic) bond motifs is 1. The van der Waals surface area contributed by atoms with E-state index in [1.165, 1.54) is 5.06 Å². The quantitative estimate of drug-likeness (QED) is 0.839. The van der Waals surface area contributed by atoms with Crippen molar-refractivity contribution in [1.82, 2.24) is 24.9 Å². The van der Waals surface area contributed by atoms with E-state index >= 15 is 0 Å². The molecule has 0 radical (unpaired) electrons. The molecule has 0 saturated carbocycles. The molecule has 8 heteroatoms. The standard InChI is InChI=1S/C17H23N5O3/c1-13-8-14(19-25-13)10-20-11-15-4-5-18-22(15)16(12-20)9-17(23)21-6-2-3-7-24-21/h4-5,8,16H,2-3,6-7,9-12H2,1H3/t16-/m0/s1. The van der Waals surface area contributed by atoms with E-state index in [1.807, 2.05) is 23.7 Å². The third-order valence-corrected chi connectivity index (χ3v) is 4.71. The van der Waals surface area contributed by atoms with E-state index in [0.29, 0.717) is 26.1 Å². The highest BCUT2D eigenvalue weighted by molar-refractivity contribution is 5.75. The molecular weight excluding hydrogens is 322 g/mol. The van der Waals surface area contributed by atoms with Crippen molar-refractivity contribution in [2.75, 3.05) is 19.7 Å². The molecule has 0 unspecified atom stereocenters. The number of hydrogen-bond acceptors (Lipinski definition) is 6. The van der Waals surface area contributed by atoms with Crippen molar-refractivity contribution >= 4 is 5.91 Å². The van der Waals surface area contributed by atoms with Crippen LogP contribution in [0.4, 0.5) is 0 Å². The molecule has 0 aliphatic carbocycles. The topological polar surface area (TPSA) is 76.6 Å². The van der Waals surface area contributed by atoms with Gasteiger partial charge < -0.3 is 4.52 Å². The Bertz CT molecular complexity index is 734. The number of carbonyl (C=O) groups is 1. The first-order valence-electron chi connectivity index (χ1n) is 8.79. The molecule has 1 amide bonds. The summed E-state index contributed by atoms with van der Waals surface area (Å²) in [6.45, 7) is 5.44. The van der Waals surface area contributed by atoms with E-state index in [0.717, 1.165) is 43.1 Å². The summed E-state index contributed by atoms with van der Waals surface area (Å²) in [5.41, 5.74) is 2.03. The lowest BCUT2D eigenvalue weighted by atomic mass is 10.1. The number of carbonyl (C=O) groups excluding carboxylic acids is 1. The Morgan fingerprint density at radius 1 is 1.40 bits per heavy atom. The first kappa shape index (κ1) is 16.3. The van der Waals surface area contributed by atoms with Crippen molar-refractivity contribution in [3.05, 3.63) is 35.5 Å². The maximum absolute atomic E-state index is 12.6. The minimum Gasteiger partial charge on any atom is -0.361 e. The van der Waals surface area contributed by atoms with Crippen LogP contribution in [-0.2, 0) is 22.7 Å². The molecule has 1 atom stereocenters. The van der Waals surface area contributed by atoms with Gasteiger partial charge in [-0.15, -0.1) is 0 Å². The van der Waals surface area contributed by atoms with Crippen molar-refractivity contribution < 1.29 is 14.2 Å². The number of hydroxylamine groups is 2. The summed E-state index contributed by atoms with van der Waals surface area (Å²) in [7, 11) is 0. The third kappa shape index (κ3) is 3.59. The van der Waals surface area contributed by atoms with Gasteiger partial charge >= 0.3 is 0 Å². The Morgan fingerprint density at radius 3 is 3.08 bits per heavy atom. The van der Waals surface area contributed by atoms with Crippen LogP contribution in [0.5, 0.6) is 0 Å². The summed E-state index contributed by atoms with van der Waals surface area (Å²) in [5.74, 6) is 0.844. The zero-order chi connectivity index (χ0) is 17.2. The fourth-order valence-corrected chi connectivity index (χ4v) is 3.55. The van der Waals surface area contributed by atoms with Gasteiger partial charge in [0.25, 0.3) is 0 Å². The van der Waals surface area contributed by atoms with Crippen molar-refractivity contribution in [3.8, 4) is 0 Å². The van der Waals surface area contributed by atoms with Crippen LogP contribution in [0.3, 0.4) is 0 Å². The van der Waals surface area contributed by atoms with Crippen LogP contribution in [-0.4, -0.2) is 50.5 Å². The predicted molar refractivity (Wildman–Crippen MR) is 88.1 cm³/mol. The zero-order valence-corrected chi connectivity index (χ0v) is 14.4. The number of rotatable bonds is 4. The predicted octanol–water partition coefficient (Wildman–Crippen LogP) is 1.68. The van der Waals surface area contributed by atoms with Gasteiger partial charge in [0.15, 0.2) is 0 Å². The normalized spacial score (nSPS) is 21.3. The molecular formula is C17H23N5O3. The number of aromatic nitrogens is 3. The Morgan fingerprint density at radius 2 is 2.32 bits per heavy atom. The molecule has 134 valence electrons. The summed E-state index contributed by atoms with van der Waals surface area (Å²) in [5, 5.41) is 10.0. The Kier molecular flexibility index (Phi) is 4.54. The van der Waals surface area contributed by atoms with Gasteiger partial charge in [0.05, 0.1) is 30.5 Å². The first-order chi connectivity index (χ1) is 12.2. The van der Waals surface area contributed by atoms with Crippen LogP contribution in [0.1, 0.15) is 42.5 Å². The van der Waals surface area contributed by atoms with Crippen LogP contribution in [0.15, 0.2) is 22.9 Å². The summed E-state index contributed by atoms with van der Waals surface area (Å²) in [6, 6.07) is 3.97. The summed E-state index contributed by atoms with van der Waals surface area (Å²) >= 11 is 0. The first-order valence-corrected chi connectivity index (χ1v) is 8.79. The molecule has 1 fully saturated rings. The number of hydrogen-bond donors (Lipinski definition) is 0. The van der Waals surface area contributed by atoms with Gasteiger partial charge in [-0.3, -0.25) is 19.2 Å². The minimum atomic E-state index is 0.00442. The second-order valence-corrected chi connectivity index (χ2v) is 6.76. The fourth-order valence-electron chi connectivity index (χ4n) is 3.55. The maximum Gasteiger partial charge on any atom is 0.248 e.